The summed E-state index contributed by atoms with van der Waals surface area (Å²) in [5.41, 5.74) is 13.6. The molecule has 0 atom stereocenters. The van der Waals surface area contributed by atoms with Crippen molar-refractivity contribution in [1.29, 1.82) is 0 Å². The van der Waals surface area contributed by atoms with Gasteiger partial charge >= 0.3 is 0 Å². The van der Waals surface area contributed by atoms with E-state index in [1.165, 1.54) is 16.7 Å². The zero-order valence-corrected chi connectivity index (χ0v) is 29.4. The standard InChI is InChI=1S/C49H34N2O2/c1-49(2)39-25-12-11-23-38(39)45-40(49)27-28-44-47(45)53-46-36(24-14-26-43(46)52-44)33-19-13-20-34(29-33)41-30-42(51-48(50-41)32-17-7-4-8-18-32)37-22-10-9-21-35(37)31-15-5-3-6-16-31/h3-30H,1-2H3. The Kier molecular flexibility index (Phi) is 7.12. The van der Waals surface area contributed by atoms with E-state index in [2.05, 4.69) is 141 Å². The van der Waals surface area contributed by atoms with Gasteiger partial charge in [0.1, 0.15) is 0 Å². The molecule has 0 fully saturated rings. The number of hydrogen-bond acceptors (Lipinski definition) is 4. The Bertz CT molecular complexity index is 2700. The number of fused-ring (bicyclic) bond motifs is 6. The van der Waals surface area contributed by atoms with E-state index in [-0.39, 0.29) is 5.41 Å². The van der Waals surface area contributed by atoms with E-state index in [1.807, 2.05) is 42.5 Å². The molecule has 0 saturated carbocycles. The van der Waals surface area contributed by atoms with Gasteiger partial charge in [0.15, 0.2) is 28.8 Å². The molecule has 0 bridgehead atoms. The van der Waals surface area contributed by atoms with Crippen molar-refractivity contribution in [2.45, 2.75) is 19.3 Å². The molecule has 4 nitrogen and oxygen atoms in total. The number of aromatic nitrogens is 2. The largest absolute Gasteiger partial charge is 0.449 e. The summed E-state index contributed by atoms with van der Waals surface area (Å²) in [4.78, 5) is 10.3. The van der Waals surface area contributed by atoms with Crippen LogP contribution in [0, 0.1) is 0 Å². The highest BCUT2D eigenvalue weighted by Crippen LogP contribution is 2.59. The van der Waals surface area contributed by atoms with Gasteiger partial charge in [-0.05, 0) is 57.6 Å². The Balaban J connectivity index is 1.09. The van der Waals surface area contributed by atoms with E-state index >= 15 is 0 Å². The van der Waals surface area contributed by atoms with Gasteiger partial charge in [-0.25, -0.2) is 9.97 Å². The summed E-state index contributed by atoms with van der Waals surface area (Å²) in [5.74, 6) is 3.57. The minimum absolute atomic E-state index is 0.144. The molecule has 1 aliphatic carbocycles. The van der Waals surface area contributed by atoms with Crippen LogP contribution in [0.1, 0.15) is 25.0 Å². The first-order valence-corrected chi connectivity index (χ1v) is 18.0. The number of benzene rings is 7. The van der Waals surface area contributed by atoms with Crippen LogP contribution in [0.4, 0.5) is 0 Å². The summed E-state index contributed by atoms with van der Waals surface area (Å²) in [6.45, 7) is 4.56. The fourth-order valence-corrected chi connectivity index (χ4v) is 7.95. The molecule has 1 aromatic heterocycles. The molecule has 1 aliphatic heterocycles. The fraction of sp³-hybridized carbons (Fsp3) is 0.0612. The first-order chi connectivity index (χ1) is 26.0. The molecule has 0 N–H and O–H groups in total. The Labute approximate surface area is 309 Å². The first kappa shape index (κ1) is 31.0. The molecule has 0 unspecified atom stereocenters. The maximum atomic E-state index is 6.96. The molecular formula is C49H34N2O2. The van der Waals surface area contributed by atoms with Crippen molar-refractivity contribution in [3.8, 4) is 90.3 Å². The lowest BCUT2D eigenvalue weighted by molar-refractivity contribution is 0.361. The van der Waals surface area contributed by atoms with Gasteiger partial charge in [0, 0.05) is 33.2 Å². The Morgan fingerprint density at radius 3 is 1.81 bits per heavy atom. The van der Waals surface area contributed by atoms with Crippen LogP contribution >= 0.6 is 0 Å². The summed E-state index contributed by atoms with van der Waals surface area (Å²) in [6, 6.07) is 58.7. The molecule has 0 amide bonds. The van der Waals surface area contributed by atoms with E-state index in [1.54, 1.807) is 0 Å². The van der Waals surface area contributed by atoms with E-state index in [0.717, 1.165) is 67.4 Å². The van der Waals surface area contributed by atoms with Gasteiger partial charge in [0.05, 0.1) is 11.4 Å². The molecule has 2 aliphatic rings. The van der Waals surface area contributed by atoms with Crippen molar-refractivity contribution in [3.05, 3.63) is 181 Å². The second-order valence-corrected chi connectivity index (χ2v) is 14.1. The summed E-state index contributed by atoms with van der Waals surface area (Å²) in [7, 11) is 0. The molecule has 0 radical (unpaired) electrons. The van der Waals surface area contributed by atoms with E-state index in [4.69, 9.17) is 19.4 Å². The summed E-state index contributed by atoms with van der Waals surface area (Å²) in [6.07, 6.45) is 0. The van der Waals surface area contributed by atoms with Crippen molar-refractivity contribution >= 4 is 0 Å². The third-order valence-corrected chi connectivity index (χ3v) is 10.6. The van der Waals surface area contributed by atoms with Crippen molar-refractivity contribution in [3.63, 3.8) is 0 Å². The molecule has 0 saturated heterocycles. The van der Waals surface area contributed by atoms with Crippen LogP contribution in [-0.4, -0.2) is 9.97 Å². The SMILES string of the molecule is CC1(C)c2ccccc2-c2c1ccc1c2Oc2c(cccc2-c2cccc(-c3cc(-c4ccccc4-c4ccccc4)nc(-c4ccccc4)n3)c2)O1. The monoisotopic (exact) mass is 682 g/mol. The highest BCUT2D eigenvalue weighted by molar-refractivity contribution is 5.90. The van der Waals surface area contributed by atoms with Crippen LogP contribution < -0.4 is 9.47 Å². The lowest BCUT2D eigenvalue weighted by atomic mass is 9.82. The van der Waals surface area contributed by atoms with Crippen molar-refractivity contribution in [1.82, 2.24) is 9.97 Å². The molecule has 10 rings (SSSR count). The average Bonchev–Trinajstić information content (AvgIpc) is 3.46. The number of para-hydroxylation sites is 1. The first-order valence-electron chi connectivity index (χ1n) is 18.0. The van der Waals surface area contributed by atoms with Gasteiger partial charge in [-0.1, -0.05) is 159 Å². The second kappa shape index (κ2) is 12.2. The highest BCUT2D eigenvalue weighted by Gasteiger charge is 2.39. The minimum atomic E-state index is -0.144. The Hall–Kier alpha value is -6.78. The van der Waals surface area contributed by atoms with Crippen molar-refractivity contribution in [2.24, 2.45) is 0 Å². The van der Waals surface area contributed by atoms with Gasteiger partial charge in [-0.15, -0.1) is 0 Å². The summed E-state index contributed by atoms with van der Waals surface area (Å²) in [5, 5.41) is 0. The smallest absolute Gasteiger partial charge is 0.178 e. The van der Waals surface area contributed by atoms with Crippen LogP contribution in [0.3, 0.4) is 0 Å². The summed E-state index contributed by atoms with van der Waals surface area (Å²) >= 11 is 0. The molecule has 0 spiro atoms. The van der Waals surface area contributed by atoms with Gasteiger partial charge in [0.25, 0.3) is 0 Å². The van der Waals surface area contributed by atoms with Gasteiger partial charge < -0.3 is 9.47 Å². The quantitative estimate of drug-likeness (QED) is 0.181. The normalized spacial score (nSPS) is 13.2. The maximum absolute atomic E-state index is 6.96. The van der Waals surface area contributed by atoms with Gasteiger partial charge in [-0.3, -0.25) is 0 Å². The molecular weight excluding hydrogens is 649 g/mol. The number of rotatable bonds is 5. The van der Waals surface area contributed by atoms with Crippen LogP contribution in [-0.2, 0) is 5.41 Å². The topological polar surface area (TPSA) is 44.2 Å². The number of hydrogen-bond donors (Lipinski definition) is 0. The minimum Gasteiger partial charge on any atom is -0.449 e. The van der Waals surface area contributed by atoms with E-state index < -0.39 is 0 Å². The van der Waals surface area contributed by atoms with Crippen LogP contribution in [0.5, 0.6) is 23.0 Å². The Morgan fingerprint density at radius 2 is 1.00 bits per heavy atom. The number of nitrogens with zero attached hydrogens (tertiary/aromatic N) is 2. The van der Waals surface area contributed by atoms with Crippen molar-refractivity contribution in [2.75, 3.05) is 0 Å². The molecule has 2 heterocycles. The zero-order valence-electron chi connectivity index (χ0n) is 29.4. The molecule has 53 heavy (non-hydrogen) atoms. The second-order valence-electron chi connectivity index (χ2n) is 14.1. The third kappa shape index (κ3) is 5.14. The number of ether oxygens (including phenoxy) is 2. The van der Waals surface area contributed by atoms with Gasteiger partial charge in [0.2, 0.25) is 0 Å². The van der Waals surface area contributed by atoms with E-state index in [0.29, 0.717) is 17.3 Å². The predicted molar refractivity (Wildman–Crippen MR) is 213 cm³/mol. The average molecular weight is 683 g/mol. The molecule has 252 valence electrons. The van der Waals surface area contributed by atoms with Crippen LogP contribution in [0.25, 0.3) is 67.3 Å². The third-order valence-electron chi connectivity index (χ3n) is 10.6. The van der Waals surface area contributed by atoms with E-state index in [9.17, 15) is 0 Å². The zero-order chi connectivity index (χ0) is 35.5. The van der Waals surface area contributed by atoms with Crippen molar-refractivity contribution < 1.29 is 9.47 Å². The fourth-order valence-electron chi connectivity index (χ4n) is 7.95. The summed E-state index contributed by atoms with van der Waals surface area (Å²) < 4.78 is 13.6. The lowest BCUT2D eigenvalue weighted by Crippen LogP contribution is -2.15. The Morgan fingerprint density at radius 1 is 0.396 bits per heavy atom. The van der Waals surface area contributed by atoms with Gasteiger partial charge in [-0.2, -0.15) is 0 Å². The molecule has 4 heteroatoms. The highest BCUT2D eigenvalue weighted by atomic mass is 16.6. The maximum Gasteiger partial charge on any atom is 0.178 e. The molecule has 7 aromatic carbocycles. The lowest BCUT2D eigenvalue weighted by Gasteiger charge is -2.26. The van der Waals surface area contributed by atoms with Crippen LogP contribution in [0.2, 0.25) is 0 Å². The van der Waals surface area contributed by atoms with Crippen LogP contribution in [0.15, 0.2) is 170 Å². The molecule has 8 aromatic rings. The predicted octanol–water partition coefficient (Wildman–Crippen LogP) is 13.0.